The summed E-state index contributed by atoms with van der Waals surface area (Å²) in [6, 6.07) is 5.20. The van der Waals surface area contributed by atoms with Gasteiger partial charge in [-0.25, -0.2) is 13.2 Å². The summed E-state index contributed by atoms with van der Waals surface area (Å²) in [5.74, 6) is 1.50. The lowest BCUT2D eigenvalue weighted by molar-refractivity contribution is -0.143. The Morgan fingerprint density at radius 2 is 2.00 bits per heavy atom. The van der Waals surface area contributed by atoms with Gasteiger partial charge in [-0.05, 0) is 36.4 Å². The van der Waals surface area contributed by atoms with E-state index in [4.69, 9.17) is 6.42 Å². The van der Waals surface area contributed by atoms with Crippen LogP contribution in [0.25, 0.3) is 0 Å². The van der Waals surface area contributed by atoms with Crippen LogP contribution in [0.5, 0.6) is 0 Å². The van der Waals surface area contributed by atoms with Crippen LogP contribution in [-0.4, -0.2) is 49.0 Å². The number of hydrogen-bond donors (Lipinski definition) is 3. The first-order chi connectivity index (χ1) is 11.3. The van der Waals surface area contributed by atoms with Gasteiger partial charge in [0.2, 0.25) is 10.0 Å². The van der Waals surface area contributed by atoms with Crippen molar-refractivity contribution in [2.75, 3.05) is 18.1 Å². The third-order valence-electron chi connectivity index (χ3n) is 3.57. The van der Waals surface area contributed by atoms with Crippen LogP contribution in [0.4, 0.5) is 0 Å². The van der Waals surface area contributed by atoms with Gasteiger partial charge in [0.1, 0.15) is 5.54 Å². The predicted molar refractivity (Wildman–Crippen MR) is 90.2 cm³/mol. The van der Waals surface area contributed by atoms with Crippen LogP contribution in [0.2, 0.25) is 0 Å². The maximum atomic E-state index is 12.3. The molecule has 128 valence electrons. The van der Waals surface area contributed by atoms with E-state index in [0.717, 1.165) is 0 Å². The number of carbonyl (C=O) groups is 2. The minimum Gasteiger partial charge on any atom is -0.479 e. The molecule has 7 nitrogen and oxygen atoms in total. The molecule has 2 rings (SSSR count). The van der Waals surface area contributed by atoms with Crippen molar-refractivity contribution in [3.05, 3.63) is 29.8 Å². The third-order valence-corrected chi connectivity index (χ3v) is 6.18. The fourth-order valence-electron chi connectivity index (χ4n) is 2.18. The van der Waals surface area contributed by atoms with Crippen LogP contribution in [0.1, 0.15) is 16.8 Å². The van der Waals surface area contributed by atoms with Crippen molar-refractivity contribution in [2.24, 2.45) is 0 Å². The number of carboxylic acid groups (broad SMARTS) is 1. The molecule has 1 saturated heterocycles. The van der Waals surface area contributed by atoms with E-state index in [1.807, 2.05) is 0 Å². The van der Waals surface area contributed by atoms with Gasteiger partial charge >= 0.3 is 5.97 Å². The summed E-state index contributed by atoms with van der Waals surface area (Å²) in [5, 5.41) is 11.9. The Labute approximate surface area is 144 Å². The highest BCUT2D eigenvalue weighted by Crippen LogP contribution is 2.28. The fraction of sp³-hybridized carbons (Fsp3) is 0.333. The zero-order chi connectivity index (χ0) is 17.8. The topological polar surface area (TPSA) is 113 Å². The number of carbonyl (C=O) groups excluding carboxylic acids is 1. The smallest absolute Gasteiger partial charge is 0.330 e. The van der Waals surface area contributed by atoms with Crippen molar-refractivity contribution in [1.29, 1.82) is 0 Å². The molecule has 1 aliphatic heterocycles. The highest BCUT2D eigenvalue weighted by molar-refractivity contribution is 7.99. The second kappa shape index (κ2) is 7.25. The molecule has 1 aromatic carbocycles. The largest absolute Gasteiger partial charge is 0.479 e. The molecule has 1 fully saturated rings. The van der Waals surface area contributed by atoms with Crippen LogP contribution in [0.15, 0.2) is 29.2 Å². The van der Waals surface area contributed by atoms with Gasteiger partial charge in [-0.2, -0.15) is 16.5 Å². The molecule has 1 heterocycles. The molecule has 9 heteroatoms. The molecule has 0 saturated carbocycles. The van der Waals surface area contributed by atoms with Crippen molar-refractivity contribution in [2.45, 2.75) is 16.9 Å². The lowest BCUT2D eigenvalue weighted by Crippen LogP contribution is -2.54. The van der Waals surface area contributed by atoms with Gasteiger partial charge in [0.25, 0.3) is 5.91 Å². The first-order valence-electron chi connectivity index (χ1n) is 6.98. The lowest BCUT2D eigenvalue weighted by Gasteiger charge is -2.24. The average molecular weight is 368 g/mol. The number of sulfonamides is 1. The van der Waals surface area contributed by atoms with Gasteiger partial charge in [-0.1, -0.05) is 5.92 Å². The highest BCUT2D eigenvalue weighted by atomic mass is 32.2. The molecule has 0 radical (unpaired) electrons. The van der Waals surface area contributed by atoms with Gasteiger partial charge in [0.05, 0.1) is 11.4 Å². The van der Waals surface area contributed by atoms with E-state index in [1.165, 1.54) is 36.0 Å². The molecule has 0 aliphatic carbocycles. The Morgan fingerprint density at radius 3 is 2.50 bits per heavy atom. The van der Waals surface area contributed by atoms with Crippen molar-refractivity contribution in [3.8, 4) is 12.3 Å². The summed E-state index contributed by atoms with van der Waals surface area (Å²) >= 11 is 1.46. The van der Waals surface area contributed by atoms with E-state index >= 15 is 0 Å². The standard InChI is InChI=1S/C15H16N2O5S2/c1-2-8-16-24(21,22)12-5-3-11(4-6-12)13(18)17-15(14(19)20)7-9-23-10-15/h1,3-6,16H,7-10H2,(H,17,18)(H,19,20). The lowest BCUT2D eigenvalue weighted by atomic mass is 9.98. The third kappa shape index (κ3) is 3.90. The summed E-state index contributed by atoms with van der Waals surface area (Å²) < 4.78 is 26.0. The summed E-state index contributed by atoms with van der Waals surface area (Å²) in [7, 11) is -3.73. The summed E-state index contributed by atoms with van der Waals surface area (Å²) in [5.41, 5.74) is -1.09. The fourth-order valence-corrected chi connectivity index (χ4v) is 4.44. The highest BCUT2D eigenvalue weighted by Gasteiger charge is 2.43. The number of carboxylic acids is 1. The molecule has 1 aliphatic rings. The normalized spacial score (nSPS) is 20.3. The second-order valence-corrected chi connectivity index (χ2v) is 8.07. The zero-order valence-electron chi connectivity index (χ0n) is 12.6. The quantitative estimate of drug-likeness (QED) is 0.622. The van der Waals surface area contributed by atoms with Crippen LogP contribution in [0, 0.1) is 12.3 Å². The second-order valence-electron chi connectivity index (χ2n) is 5.20. The zero-order valence-corrected chi connectivity index (χ0v) is 14.2. The molecule has 0 aromatic heterocycles. The molecule has 0 spiro atoms. The first kappa shape index (κ1) is 18.3. The number of thioether (sulfide) groups is 1. The monoisotopic (exact) mass is 368 g/mol. The maximum absolute atomic E-state index is 12.3. The van der Waals surface area contributed by atoms with Crippen molar-refractivity contribution >= 4 is 33.7 Å². The van der Waals surface area contributed by atoms with Gasteiger partial charge in [0, 0.05) is 11.3 Å². The minimum atomic E-state index is -3.73. The number of hydrogen-bond acceptors (Lipinski definition) is 5. The summed E-state index contributed by atoms with van der Waals surface area (Å²) in [4.78, 5) is 23.7. The van der Waals surface area contributed by atoms with E-state index in [0.29, 0.717) is 17.9 Å². The number of terminal acetylenes is 1. The number of benzene rings is 1. The number of rotatable bonds is 6. The average Bonchev–Trinajstić information content (AvgIpc) is 3.03. The molecule has 24 heavy (non-hydrogen) atoms. The summed E-state index contributed by atoms with van der Waals surface area (Å²) in [6.45, 7) is -0.136. The Balaban J connectivity index is 2.15. The predicted octanol–water partition coefficient (Wildman–Crippen LogP) is 0.288. The van der Waals surface area contributed by atoms with Crippen LogP contribution in [-0.2, 0) is 14.8 Å². The molecule has 1 atom stereocenters. The Morgan fingerprint density at radius 1 is 1.33 bits per heavy atom. The minimum absolute atomic E-state index is 0.0290. The van der Waals surface area contributed by atoms with E-state index in [-0.39, 0.29) is 17.0 Å². The summed E-state index contributed by atoms with van der Waals surface area (Å²) in [6.07, 6.45) is 5.36. The van der Waals surface area contributed by atoms with Gasteiger partial charge in [-0.3, -0.25) is 4.79 Å². The van der Waals surface area contributed by atoms with E-state index in [1.54, 1.807) is 0 Å². The molecule has 1 aromatic rings. The van der Waals surface area contributed by atoms with Crippen LogP contribution in [0.3, 0.4) is 0 Å². The molecule has 0 bridgehead atoms. The molecule has 1 unspecified atom stereocenters. The van der Waals surface area contributed by atoms with Gasteiger partial charge in [0.15, 0.2) is 0 Å². The number of aliphatic carboxylic acids is 1. The van der Waals surface area contributed by atoms with Gasteiger partial charge < -0.3 is 10.4 Å². The van der Waals surface area contributed by atoms with E-state index in [2.05, 4.69) is 16.0 Å². The molecular formula is C15H16N2O5S2. The maximum Gasteiger partial charge on any atom is 0.330 e. The van der Waals surface area contributed by atoms with Gasteiger partial charge in [-0.15, -0.1) is 6.42 Å². The first-order valence-corrected chi connectivity index (χ1v) is 9.61. The molecule has 1 amide bonds. The SMILES string of the molecule is C#CCNS(=O)(=O)c1ccc(C(=O)NC2(C(=O)O)CCSC2)cc1. The molecule has 3 N–H and O–H groups in total. The Hall–Kier alpha value is -2.02. The van der Waals surface area contributed by atoms with Crippen LogP contribution < -0.4 is 10.0 Å². The Bertz CT molecular complexity index is 775. The Kier molecular flexibility index (Phi) is 5.54. The van der Waals surface area contributed by atoms with Crippen molar-refractivity contribution in [3.63, 3.8) is 0 Å². The molecular weight excluding hydrogens is 352 g/mol. The van der Waals surface area contributed by atoms with E-state index < -0.39 is 27.4 Å². The van der Waals surface area contributed by atoms with E-state index in [9.17, 15) is 23.1 Å². The van der Waals surface area contributed by atoms with Crippen molar-refractivity contribution in [1.82, 2.24) is 10.0 Å². The number of amides is 1. The van der Waals surface area contributed by atoms with Crippen molar-refractivity contribution < 1.29 is 23.1 Å². The van der Waals surface area contributed by atoms with Crippen LogP contribution >= 0.6 is 11.8 Å². The number of nitrogens with one attached hydrogen (secondary N) is 2.